The van der Waals surface area contributed by atoms with Crippen LogP contribution < -0.4 is 10.2 Å². The van der Waals surface area contributed by atoms with E-state index in [1.807, 2.05) is 13.8 Å². The number of hydrogen-bond acceptors (Lipinski definition) is 8. The van der Waals surface area contributed by atoms with E-state index in [0.29, 0.717) is 19.3 Å². The van der Waals surface area contributed by atoms with Crippen molar-refractivity contribution in [2.24, 2.45) is 16.9 Å². The molecule has 2 aliphatic carbocycles. The molecule has 0 aromatic rings. The number of hydrogen-bond donors (Lipinski definition) is 2. The molecule has 0 aromatic carbocycles. The average molecular weight is 443 g/mol. The molecule has 2 aliphatic heterocycles. The molecule has 0 bridgehead atoms. The number of fused-ring (bicyclic) bond motifs is 1. The number of nitrogens with one attached hydrogen (secondary N) is 2. The van der Waals surface area contributed by atoms with Crippen LogP contribution in [0.15, 0.2) is 5.10 Å². The van der Waals surface area contributed by atoms with Gasteiger partial charge in [-0.3, -0.25) is 9.63 Å². The highest BCUT2D eigenvalue weighted by Crippen LogP contribution is 2.41. The molecule has 10 nitrogen and oxygen atoms in total. The van der Waals surface area contributed by atoms with Gasteiger partial charge in [0.2, 0.25) is 15.9 Å². The van der Waals surface area contributed by atoms with Gasteiger partial charge in [-0.2, -0.15) is 10.6 Å². The van der Waals surface area contributed by atoms with Gasteiger partial charge in [-0.1, -0.05) is 0 Å². The van der Waals surface area contributed by atoms with Crippen LogP contribution in [0.5, 0.6) is 0 Å². The maximum absolute atomic E-state index is 13.2. The molecule has 168 valence electrons. The highest BCUT2D eigenvalue weighted by molar-refractivity contribution is 7.90. The fraction of sp³-hybridized carbons (Fsp3) is 0.842. The molecule has 4 rings (SSSR count). The van der Waals surface area contributed by atoms with E-state index < -0.39 is 33.1 Å². The summed E-state index contributed by atoms with van der Waals surface area (Å²) in [6.45, 7) is 4.07. The van der Waals surface area contributed by atoms with Crippen LogP contribution in [0.2, 0.25) is 0 Å². The Morgan fingerprint density at radius 3 is 2.67 bits per heavy atom. The number of esters is 1. The summed E-state index contributed by atoms with van der Waals surface area (Å²) in [6, 6.07) is 0.158. The van der Waals surface area contributed by atoms with Gasteiger partial charge in [0, 0.05) is 23.4 Å². The minimum atomic E-state index is -3.55. The van der Waals surface area contributed by atoms with Crippen LogP contribution in [0.4, 0.5) is 0 Å². The zero-order valence-corrected chi connectivity index (χ0v) is 18.4. The maximum atomic E-state index is 13.2. The van der Waals surface area contributed by atoms with Gasteiger partial charge >= 0.3 is 5.97 Å². The topological polar surface area (TPSA) is 126 Å². The second kappa shape index (κ2) is 7.85. The third-order valence-electron chi connectivity index (χ3n) is 6.60. The van der Waals surface area contributed by atoms with Crippen molar-refractivity contribution in [3.8, 4) is 0 Å². The van der Waals surface area contributed by atoms with Crippen molar-refractivity contribution < 1.29 is 27.6 Å². The van der Waals surface area contributed by atoms with Crippen molar-refractivity contribution in [3.05, 3.63) is 0 Å². The molecule has 5 unspecified atom stereocenters. The summed E-state index contributed by atoms with van der Waals surface area (Å²) in [5, 5.41) is 4.92. The van der Waals surface area contributed by atoms with Gasteiger partial charge < -0.3 is 4.74 Å². The summed E-state index contributed by atoms with van der Waals surface area (Å²) in [7, 11) is -2.27. The number of sulfonamides is 1. The Kier molecular flexibility index (Phi) is 5.67. The van der Waals surface area contributed by atoms with E-state index in [1.165, 1.54) is 12.1 Å². The highest BCUT2D eigenvalue weighted by atomic mass is 32.2. The fourth-order valence-corrected chi connectivity index (χ4v) is 6.58. The smallest absolute Gasteiger partial charge is 0.354 e. The molecular weight excluding hydrogens is 412 g/mol. The van der Waals surface area contributed by atoms with E-state index in [0.717, 1.165) is 12.8 Å². The van der Waals surface area contributed by atoms with E-state index in [4.69, 9.17) is 9.57 Å². The lowest BCUT2D eigenvalue weighted by atomic mass is 9.74. The Bertz CT molecular complexity index is 855. The highest BCUT2D eigenvalue weighted by Gasteiger charge is 2.50. The summed E-state index contributed by atoms with van der Waals surface area (Å²) in [5.41, 5.74) is 2.70. The standard InChI is InChI=1S/C19H30N4O6S/c1-11-8-12(29-21-11)10-23-17(24)15-9-13(30(26,27)22-19(2)6-7-19)4-5-14(15)16(20-23)18(25)28-3/h11-15,21-22H,4-10H2,1-3H3. The molecule has 0 radical (unpaired) electrons. The van der Waals surface area contributed by atoms with Crippen LogP contribution >= 0.6 is 0 Å². The SMILES string of the molecule is COC(=O)C1=NN(CC2CC(C)NO2)C(=O)C2CC(S(=O)(=O)NC3(C)CC3)CCC12. The zero-order chi connectivity index (χ0) is 21.7. The van der Waals surface area contributed by atoms with Crippen molar-refractivity contribution in [1.82, 2.24) is 15.2 Å². The summed E-state index contributed by atoms with van der Waals surface area (Å²) in [4.78, 5) is 31.1. The van der Waals surface area contributed by atoms with Crippen LogP contribution in [-0.4, -0.2) is 67.6 Å². The Labute approximate surface area is 176 Å². The first-order chi connectivity index (χ1) is 14.1. The second-order valence-electron chi connectivity index (χ2n) is 9.25. The van der Waals surface area contributed by atoms with Gasteiger partial charge in [0.15, 0.2) is 0 Å². The number of amides is 1. The number of hydrazone groups is 1. The summed E-state index contributed by atoms with van der Waals surface area (Å²) >= 11 is 0. The first kappa shape index (κ1) is 21.7. The Morgan fingerprint density at radius 1 is 1.33 bits per heavy atom. The molecule has 4 aliphatic rings. The number of methoxy groups -OCH3 is 1. The third-order valence-corrected chi connectivity index (χ3v) is 8.69. The fourth-order valence-electron chi connectivity index (χ4n) is 4.61. The number of carbonyl (C=O) groups is 2. The van der Waals surface area contributed by atoms with Crippen LogP contribution in [0.1, 0.15) is 52.4 Å². The molecule has 2 saturated carbocycles. The van der Waals surface area contributed by atoms with Gasteiger partial charge in [0.25, 0.3) is 0 Å². The van der Waals surface area contributed by atoms with Gasteiger partial charge in [0.05, 0.1) is 18.9 Å². The number of ether oxygens (including phenoxy) is 1. The molecule has 11 heteroatoms. The molecule has 1 amide bonds. The largest absolute Gasteiger partial charge is 0.464 e. The van der Waals surface area contributed by atoms with Crippen molar-refractivity contribution in [2.75, 3.05) is 13.7 Å². The predicted octanol–water partition coefficient (Wildman–Crippen LogP) is 0.296. The van der Waals surface area contributed by atoms with E-state index >= 15 is 0 Å². The molecule has 3 fully saturated rings. The summed E-state index contributed by atoms with van der Waals surface area (Å²) in [6.07, 6.45) is 3.06. The molecule has 30 heavy (non-hydrogen) atoms. The number of hydroxylamine groups is 1. The van der Waals surface area contributed by atoms with Crippen LogP contribution in [0, 0.1) is 11.8 Å². The summed E-state index contributed by atoms with van der Waals surface area (Å²) in [5.74, 6) is -1.88. The van der Waals surface area contributed by atoms with Crippen LogP contribution in [0.25, 0.3) is 0 Å². The number of rotatable bonds is 6. The predicted molar refractivity (Wildman–Crippen MR) is 108 cm³/mol. The van der Waals surface area contributed by atoms with Crippen LogP contribution in [0.3, 0.4) is 0 Å². The minimum absolute atomic E-state index is 0.158. The van der Waals surface area contributed by atoms with Gasteiger partial charge in [0.1, 0.15) is 11.8 Å². The van der Waals surface area contributed by atoms with E-state index in [9.17, 15) is 18.0 Å². The van der Waals surface area contributed by atoms with Gasteiger partial charge in [-0.05, 0) is 52.4 Å². The average Bonchev–Trinajstić information content (AvgIpc) is 3.27. The second-order valence-corrected chi connectivity index (χ2v) is 11.2. The molecule has 1 saturated heterocycles. The first-order valence-corrected chi connectivity index (χ1v) is 12.1. The lowest BCUT2D eigenvalue weighted by Crippen LogP contribution is -2.53. The minimum Gasteiger partial charge on any atom is -0.464 e. The van der Waals surface area contributed by atoms with E-state index in [-0.39, 0.29) is 42.3 Å². The third kappa shape index (κ3) is 4.25. The first-order valence-electron chi connectivity index (χ1n) is 10.5. The van der Waals surface area contributed by atoms with Crippen molar-refractivity contribution in [2.45, 2.75) is 75.3 Å². The van der Waals surface area contributed by atoms with E-state index in [2.05, 4.69) is 15.3 Å². The van der Waals surface area contributed by atoms with Gasteiger partial charge in [-0.15, -0.1) is 0 Å². The molecule has 5 atom stereocenters. The molecule has 0 aromatic heterocycles. The molecule has 2 N–H and O–H groups in total. The molecular formula is C19H30N4O6S. The van der Waals surface area contributed by atoms with Crippen molar-refractivity contribution in [1.29, 1.82) is 0 Å². The molecule has 0 spiro atoms. The maximum Gasteiger partial charge on any atom is 0.354 e. The monoisotopic (exact) mass is 442 g/mol. The Morgan fingerprint density at radius 2 is 2.07 bits per heavy atom. The van der Waals surface area contributed by atoms with Crippen molar-refractivity contribution in [3.63, 3.8) is 0 Å². The van der Waals surface area contributed by atoms with Gasteiger partial charge in [-0.25, -0.2) is 22.9 Å². The number of nitrogens with zero attached hydrogens (tertiary/aromatic N) is 2. The van der Waals surface area contributed by atoms with E-state index in [1.54, 1.807) is 0 Å². The van der Waals surface area contributed by atoms with Crippen LogP contribution in [-0.2, 0) is 29.2 Å². The Hall–Kier alpha value is -1.56. The Balaban J connectivity index is 1.55. The zero-order valence-electron chi connectivity index (χ0n) is 17.6. The quantitative estimate of drug-likeness (QED) is 0.567. The normalized spacial score (nSPS) is 35.6. The lowest BCUT2D eigenvalue weighted by Gasteiger charge is -2.40. The van der Waals surface area contributed by atoms with Crippen molar-refractivity contribution >= 4 is 27.6 Å². The summed E-state index contributed by atoms with van der Waals surface area (Å²) < 4.78 is 33.5. The number of carbonyl (C=O) groups excluding carboxylic acids is 2. The molecule has 2 heterocycles. The lowest BCUT2D eigenvalue weighted by molar-refractivity contribution is -0.142.